The Morgan fingerprint density at radius 3 is 2.27 bits per heavy atom. The fourth-order valence-corrected chi connectivity index (χ4v) is 9.77. The molecule has 15 nitrogen and oxygen atoms in total. The van der Waals surface area contributed by atoms with Gasteiger partial charge < -0.3 is 48.6 Å². The first-order chi connectivity index (χ1) is 30.7. The number of aromatic nitrogens is 2. The van der Waals surface area contributed by atoms with Gasteiger partial charge in [-0.15, -0.1) is 0 Å². The van der Waals surface area contributed by atoms with E-state index in [1.807, 2.05) is 12.1 Å². The first-order valence-electron chi connectivity index (χ1n) is 22.3. The summed E-state index contributed by atoms with van der Waals surface area (Å²) in [4.78, 5) is 61.0. The topological polar surface area (TPSA) is 205 Å². The van der Waals surface area contributed by atoms with Crippen LogP contribution in [-0.4, -0.2) is 88.2 Å². The number of anilines is 1. The predicted octanol–water partition coefficient (Wildman–Crippen LogP) is 8.13. The summed E-state index contributed by atoms with van der Waals surface area (Å²) < 4.78 is 32.4. The van der Waals surface area contributed by atoms with Gasteiger partial charge >= 0.3 is 11.8 Å². The van der Waals surface area contributed by atoms with Crippen LogP contribution in [0.25, 0.3) is 32.8 Å². The quantitative estimate of drug-likeness (QED) is 0.0503. The molecule has 0 radical (unpaired) electrons. The fraction of sp³-hybridized carbons (Fsp3) is 0.500. The number of nitrogens with one attached hydrogen (secondary N) is 1. The van der Waals surface area contributed by atoms with E-state index in [1.165, 1.54) is 40.2 Å². The Kier molecular flexibility index (Phi) is 13.8. The molecule has 4 bridgehead atoms. The Hall–Kier alpha value is -5.55. The number of benzene rings is 3. The number of allylic oxidation sites excluding steroid dienone is 2. The van der Waals surface area contributed by atoms with E-state index in [-0.39, 0.29) is 55.0 Å². The van der Waals surface area contributed by atoms with Crippen LogP contribution < -0.4 is 19.9 Å². The molecule has 1 amide bonds. The van der Waals surface area contributed by atoms with Crippen LogP contribution in [0.5, 0.6) is 17.2 Å². The van der Waals surface area contributed by atoms with Gasteiger partial charge in [0.25, 0.3) is 11.7 Å². The number of Topliss-reactive ketones (excluding diaryl/α,β-unsaturated/α-hetero) is 1. The molecule has 9 atom stereocenters. The Bertz CT molecular complexity index is 2770. The van der Waals surface area contributed by atoms with Crippen molar-refractivity contribution in [2.75, 3.05) is 12.4 Å². The number of esters is 1. The number of fused-ring (bicyclic) bond motifs is 2. The smallest absolute Gasteiger partial charge is 0.312 e. The minimum absolute atomic E-state index is 0.0121. The van der Waals surface area contributed by atoms with Crippen molar-refractivity contribution in [2.24, 2.45) is 30.7 Å². The number of phenolic OH excluding ortho intramolecular Hbond substituents is 1. The summed E-state index contributed by atoms with van der Waals surface area (Å²) in [6.07, 6.45) is 3.75. The van der Waals surface area contributed by atoms with Crippen LogP contribution >= 0.6 is 0 Å². The number of ether oxygens (including phenoxy) is 4. The van der Waals surface area contributed by atoms with Crippen molar-refractivity contribution >= 4 is 64.5 Å². The number of phenols is 1. The van der Waals surface area contributed by atoms with Gasteiger partial charge in [-0.25, -0.2) is 4.98 Å². The molecule has 2 aliphatic heterocycles. The summed E-state index contributed by atoms with van der Waals surface area (Å²) >= 11 is 0. The maximum atomic E-state index is 14.9. The number of aromatic hydroxyl groups is 1. The van der Waals surface area contributed by atoms with Crippen LogP contribution in [0, 0.1) is 30.6 Å². The van der Waals surface area contributed by atoms with Crippen LogP contribution in [0.2, 0.25) is 18.1 Å². The molecular formula is C50H65N3O12Si. The number of hydrogen-bond acceptors (Lipinski definition) is 13. The second-order valence-corrected chi connectivity index (χ2v) is 24.4. The Morgan fingerprint density at radius 2 is 1.65 bits per heavy atom. The third kappa shape index (κ3) is 8.87. The summed E-state index contributed by atoms with van der Waals surface area (Å²) in [7, 11) is 0.888. The SMILES string of the molecule is CO[C@H]1/C=C/O[C@@]2(C)Oc3c(C)c(=O)c4c(O)c(c5c(nc6ccc(O[Si](C)(C)C(C)(C)C)cc6n5C)c4c3C2=O)NC(=O)/C(C)=C\C=C\[C@H](C)[C@H](O)[C@@H](C)[C@@H](O)[C@@H](C)[C@H](OC(C)=O)[C@@H]1C. The molecule has 0 saturated carbocycles. The van der Waals surface area contributed by atoms with E-state index in [4.69, 9.17) is 28.4 Å². The number of aliphatic hydroxyl groups excluding tert-OH is 2. The minimum Gasteiger partial charge on any atom is -0.543 e. The number of nitrogens with zero attached hydrogens (tertiary/aromatic N) is 2. The molecular weight excluding hydrogens is 863 g/mol. The zero-order valence-corrected chi connectivity index (χ0v) is 41.6. The summed E-state index contributed by atoms with van der Waals surface area (Å²) in [6.45, 7) is 23.4. The monoisotopic (exact) mass is 927 g/mol. The molecule has 0 aliphatic carbocycles. The van der Waals surface area contributed by atoms with Gasteiger partial charge in [0, 0.05) is 74.3 Å². The van der Waals surface area contributed by atoms with Crippen LogP contribution in [0.3, 0.4) is 0 Å². The van der Waals surface area contributed by atoms with E-state index in [0.717, 1.165) is 0 Å². The molecule has 4 N–H and O–H groups in total. The highest BCUT2D eigenvalue weighted by molar-refractivity contribution is 6.74. The average molecular weight is 928 g/mol. The van der Waals surface area contributed by atoms with Crippen molar-refractivity contribution < 1.29 is 53.1 Å². The molecule has 0 spiro atoms. The van der Waals surface area contributed by atoms with Gasteiger partial charge in [-0.2, -0.15) is 0 Å². The maximum Gasteiger partial charge on any atom is 0.312 e. The molecule has 1 aromatic heterocycles. The summed E-state index contributed by atoms with van der Waals surface area (Å²) in [6, 6.07) is 5.45. The summed E-state index contributed by atoms with van der Waals surface area (Å²) in [5, 5.41) is 37.9. The lowest BCUT2D eigenvalue weighted by Gasteiger charge is -2.38. The van der Waals surface area contributed by atoms with Gasteiger partial charge in [-0.05, 0) is 50.2 Å². The molecule has 4 aromatic rings. The van der Waals surface area contributed by atoms with E-state index >= 15 is 0 Å². The van der Waals surface area contributed by atoms with E-state index in [1.54, 1.807) is 70.5 Å². The third-order valence-electron chi connectivity index (χ3n) is 14.0. The van der Waals surface area contributed by atoms with Crippen molar-refractivity contribution in [1.29, 1.82) is 0 Å². The van der Waals surface area contributed by atoms with E-state index in [0.29, 0.717) is 16.8 Å². The van der Waals surface area contributed by atoms with Gasteiger partial charge in [0.2, 0.25) is 8.32 Å². The summed E-state index contributed by atoms with van der Waals surface area (Å²) in [5.41, 5.74) is 0.791. The molecule has 3 aromatic carbocycles. The molecule has 0 unspecified atom stereocenters. The molecule has 0 saturated heterocycles. The van der Waals surface area contributed by atoms with Gasteiger partial charge in [-0.1, -0.05) is 66.7 Å². The van der Waals surface area contributed by atoms with Crippen molar-refractivity contribution in [3.8, 4) is 17.2 Å². The second kappa shape index (κ2) is 18.3. The highest BCUT2D eigenvalue weighted by Crippen LogP contribution is 2.49. The molecule has 0 fully saturated rings. The molecule has 356 valence electrons. The van der Waals surface area contributed by atoms with Crippen LogP contribution in [0.4, 0.5) is 5.69 Å². The molecule has 6 rings (SSSR count). The number of rotatable bonds is 4. The van der Waals surface area contributed by atoms with Crippen LogP contribution in [-0.2, 0) is 30.8 Å². The largest absolute Gasteiger partial charge is 0.543 e. The maximum absolute atomic E-state index is 14.9. The standard InChI is InChI=1S/C50H65N3O12Si/c1-24-17-16-18-25(2)48(60)52-39-40-38(51-32-20-19-31(23-33(32)53(40)12)65-66(14,15)49(8,9)10)35-36(44(39)58)43(57)29(6)46-37(35)47(59)50(11,64-46)62-22-21-34(61-13)26(3)45(63-30(7)54)28(5)42(56)27(4)41(24)55/h16-24,26-28,34,41-42,45,55-56,58H,1-15H3,(H,52,60)/b17-16+,22-21+,25-18-/t24-,26+,27+,28+,34-,41-,42+,45+,50-/m0/s1. The third-order valence-corrected chi connectivity index (χ3v) is 18.4. The first kappa shape index (κ1) is 49.9. The van der Waals surface area contributed by atoms with Gasteiger partial charge in [0.05, 0.1) is 57.6 Å². The number of methoxy groups -OCH3 is 1. The zero-order chi connectivity index (χ0) is 49.1. The van der Waals surface area contributed by atoms with E-state index < -0.39 is 91.0 Å². The lowest BCUT2D eigenvalue weighted by molar-refractivity contribution is -0.160. The molecule has 16 heteroatoms. The van der Waals surface area contributed by atoms with Gasteiger partial charge in [0.15, 0.2) is 11.2 Å². The molecule has 3 heterocycles. The van der Waals surface area contributed by atoms with Crippen LogP contribution in [0.1, 0.15) is 85.2 Å². The molecule has 2 aliphatic rings. The van der Waals surface area contributed by atoms with E-state index in [2.05, 4.69) is 39.2 Å². The average Bonchev–Trinajstić information content (AvgIpc) is 3.51. The normalized spacial score (nSPS) is 28.7. The number of aliphatic hydroxyl groups is 2. The van der Waals surface area contributed by atoms with Gasteiger partial charge in [0.1, 0.15) is 23.3 Å². The number of carbonyl (C=O) groups excluding carboxylic acids is 3. The van der Waals surface area contributed by atoms with Crippen molar-refractivity contribution in [3.05, 3.63) is 75.7 Å². The Morgan fingerprint density at radius 1 is 0.985 bits per heavy atom. The fourth-order valence-electron chi connectivity index (χ4n) is 8.75. The second-order valence-electron chi connectivity index (χ2n) is 19.7. The number of hydrogen-bond donors (Lipinski definition) is 4. The lowest BCUT2D eigenvalue weighted by Crippen LogP contribution is -2.46. The van der Waals surface area contributed by atoms with Gasteiger partial charge in [-0.3, -0.25) is 19.2 Å². The highest BCUT2D eigenvalue weighted by atomic mass is 28.4. The van der Waals surface area contributed by atoms with Crippen molar-refractivity contribution in [3.63, 3.8) is 0 Å². The minimum atomic E-state index is -2.30. The number of aryl methyl sites for hydroxylation is 1. The predicted molar refractivity (Wildman–Crippen MR) is 256 cm³/mol. The molecule has 66 heavy (non-hydrogen) atoms. The van der Waals surface area contributed by atoms with Crippen LogP contribution in [0.15, 0.2) is 59.1 Å². The van der Waals surface area contributed by atoms with Crippen molar-refractivity contribution in [2.45, 2.75) is 124 Å². The number of amides is 1. The highest BCUT2D eigenvalue weighted by Gasteiger charge is 2.50. The zero-order valence-electron chi connectivity index (χ0n) is 40.6. The Balaban J connectivity index is 1.63. The Labute approximate surface area is 386 Å². The van der Waals surface area contributed by atoms with Crippen molar-refractivity contribution in [1.82, 2.24) is 9.55 Å². The lowest BCUT2D eigenvalue weighted by atomic mass is 9.78. The number of carbonyl (C=O) groups is 3. The number of ketones is 1. The summed E-state index contributed by atoms with van der Waals surface area (Å²) in [5.74, 6) is -6.40. The first-order valence-corrected chi connectivity index (χ1v) is 25.2. The van der Waals surface area contributed by atoms with E-state index in [9.17, 15) is 34.5 Å².